The molecule has 6 rings (SSSR count). The van der Waals surface area contributed by atoms with Crippen molar-refractivity contribution in [2.24, 2.45) is 5.92 Å². The molecule has 0 spiro atoms. The van der Waals surface area contributed by atoms with E-state index in [2.05, 4.69) is 15.3 Å². The highest BCUT2D eigenvalue weighted by atomic mass is 32.2. The zero-order valence-corrected chi connectivity index (χ0v) is 26.3. The Hall–Kier alpha value is -4.86. The van der Waals surface area contributed by atoms with Crippen molar-refractivity contribution in [2.45, 2.75) is 50.1 Å². The van der Waals surface area contributed by atoms with Crippen molar-refractivity contribution in [1.82, 2.24) is 14.3 Å². The zero-order chi connectivity index (χ0) is 31.8. The highest BCUT2D eigenvalue weighted by molar-refractivity contribution is 7.89. The smallest absolute Gasteiger partial charge is 0.243 e. The molecule has 0 aliphatic heterocycles. The van der Waals surface area contributed by atoms with Crippen LogP contribution >= 0.6 is 0 Å². The summed E-state index contributed by atoms with van der Waals surface area (Å²) in [6.45, 7) is 0.336. The van der Waals surface area contributed by atoms with Gasteiger partial charge in [-0.1, -0.05) is 67.8 Å². The summed E-state index contributed by atoms with van der Waals surface area (Å²) >= 11 is 0. The predicted octanol–water partition coefficient (Wildman–Crippen LogP) is 7.85. The van der Waals surface area contributed by atoms with Crippen molar-refractivity contribution in [3.8, 4) is 22.6 Å². The number of pyridine rings is 2. The summed E-state index contributed by atoms with van der Waals surface area (Å²) in [6.07, 6.45) is 10.4. The number of carbonyl (C=O) groups excluding carboxylic acids is 1. The molecular weight excluding hydrogens is 596 g/mol. The van der Waals surface area contributed by atoms with Crippen LogP contribution in [0.2, 0.25) is 0 Å². The maximum Gasteiger partial charge on any atom is 0.243 e. The lowest BCUT2D eigenvalue weighted by Gasteiger charge is -2.23. The number of rotatable bonds is 11. The third kappa shape index (κ3) is 7.85. The molecule has 0 bridgehead atoms. The normalized spacial score (nSPS) is 13.8. The Morgan fingerprint density at radius 3 is 2.11 bits per heavy atom. The van der Waals surface area contributed by atoms with Gasteiger partial charge in [0.15, 0.2) is 0 Å². The largest absolute Gasteiger partial charge is 0.457 e. The van der Waals surface area contributed by atoms with E-state index in [1.54, 1.807) is 48.9 Å². The van der Waals surface area contributed by atoms with Gasteiger partial charge in [0.25, 0.3) is 0 Å². The van der Waals surface area contributed by atoms with Gasteiger partial charge in [-0.05, 0) is 84.1 Å². The maximum absolute atomic E-state index is 13.9. The number of hydrogen-bond donors (Lipinski definition) is 1. The highest BCUT2D eigenvalue weighted by Crippen LogP contribution is 2.28. The van der Waals surface area contributed by atoms with Crippen molar-refractivity contribution >= 4 is 21.7 Å². The third-order valence-electron chi connectivity index (χ3n) is 8.16. The fourth-order valence-electron chi connectivity index (χ4n) is 5.61. The SMILES string of the molecule is O=C(Nc1ccc(-c2ccc(CN(Cc3cccnc3)S(=O)(=O)c3ccc(Oc4ccccc4)cc3)cc2)cn1)C1CCCCC1. The van der Waals surface area contributed by atoms with Crippen molar-refractivity contribution in [2.75, 3.05) is 5.32 Å². The van der Waals surface area contributed by atoms with Gasteiger partial charge in [-0.2, -0.15) is 4.31 Å². The molecule has 2 aromatic heterocycles. The number of para-hydroxylation sites is 1. The quantitative estimate of drug-likeness (QED) is 0.159. The van der Waals surface area contributed by atoms with E-state index in [1.807, 2.05) is 72.8 Å². The van der Waals surface area contributed by atoms with Gasteiger partial charge in [0, 0.05) is 43.2 Å². The second-order valence-electron chi connectivity index (χ2n) is 11.5. The summed E-state index contributed by atoms with van der Waals surface area (Å²) in [6, 6.07) is 31.0. The van der Waals surface area contributed by atoms with E-state index >= 15 is 0 Å². The zero-order valence-electron chi connectivity index (χ0n) is 25.5. The molecule has 0 saturated heterocycles. The summed E-state index contributed by atoms with van der Waals surface area (Å²) in [5, 5.41) is 2.96. The van der Waals surface area contributed by atoms with Crippen LogP contribution in [0.4, 0.5) is 5.82 Å². The number of carbonyl (C=O) groups is 1. The van der Waals surface area contributed by atoms with Gasteiger partial charge in [0.1, 0.15) is 17.3 Å². The van der Waals surface area contributed by atoms with Crippen molar-refractivity contribution in [3.05, 3.63) is 133 Å². The van der Waals surface area contributed by atoms with Gasteiger partial charge in [0.05, 0.1) is 4.90 Å². The number of benzene rings is 3. The van der Waals surface area contributed by atoms with E-state index in [0.29, 0.717) is 17.3 Å². The van der Waals surface area contributed by atoms with Crippen LogP contribution in [0.5, 0.6) is 11.5 Å². The van der Waals surface area contributed by atoms with Crippen LogP contribution in [0.1, 0.15) is 43.2 Å². The average molecular weight is 633 g/mol. The molecule has 8 nitrogen and oxygen atoms in total. The van der Waals surface area contributed by atoms with E-state index in [-0.39, 0.29) is 29.8 Å². The van der Waals surface area contributed by atoms with Crippen molar-refractivity contribution in [3.63, 3.8) is 0 Å². The summed E-state index contributed by atoms with van der Waals surface area (Å²) in [7, 11) is -3.87. The summed E-state index contributed by atoms with van der Waals surface area (Å²) in [5.41, 5.74) is 3.47. The van der Waals surface area contributed by atoms with Gasteiger partial charge < -0.3 is 10.1 Å². The van der Waals surface area contributed by atoms with E-state index in [0.717, 1.165) is 47.9 Å². The number of anilines is 1. The molecule has 1 N–H and O–H groups in total. The third-order valence-corrected chi connectivity index (χ3v) is 9.96. The van der Waals surface area contributed by atoms with Crippen LogP contribution in [-0.2, 0) is 27.9 Å². The molecule has 0 radical (unpaired) electrons. The average Bonchev–Trinajstić information content (AvgIpc) is 3.10. The monoisotopic (exact) mass is 632 g/mol. The van der Waals surface area contributed by atoms with Crippen LogP contribution in [0, 0.1) is 5.92 Å². The lowest BCUT2D eigenvalue weighted by Crippen LogP contribution is -2.30. The number of nitrogens with zero attached hydrogens (tertiary/aromatic N) is 3. The Bertz CT molecular complexity index is 1830. The van der Waals surface area contributed by atoms with E-state index in [1.165, 1.54) is 10.7 Å². The number of ether oxygens (including phenoxy) is 1. The van der Waals surface area contributed by atoms with Gasteiger partial charge in [0.2, 0.25) is 15.9 Å². The molecule has 1 amide bonds. The molecule has 234 valence electrons. The fraction of sp³-hybridized carbons (Fsp3) is 0.216. The van der Waals surface area contributed by atoms with Gasteiger partial charge in [-0.25, -0.2) is 13.4 Å². The van der Waals surface area contributed by atoms with Crippen LogP contribution in [0.25, 0.3) is 11.1 Å². The van der Waals surface area contributed by atoms with E-state index < -0.39 is 10.0 Å². The molecule has 9 heteroatoms. The molecule has 1 fully saturated rings. The predicted molar refractivity (Wildman–Crippen MR) is 179 cm³/mol. The number of amides is 1. The van der Waals surface area contributed by atoms with E-state index in [4.69, 9.17) is 4.74 Å². The first-order valence-corrected chi connectivity index (χ1v) is 17.0. The molecule has 0 unspecified atom stereocenters. The minimum Gasteiger partial charge on any atom is -0.457 e. The Morgan fingerprint density at radius 2 is 1.43 bits per heavy atom. The standard InChI is InChI=1S/C37H36N4O4S/c42-37(31-9-3-1-4-10-31)40-36-22-17-32(25-39-36)30-15-13-28(14-16-30)26-41(27-29-8-7-23-38-24-29)46(43,44)35-20-18-34(19-21-35)45-33-11-5-2-6-12-33/h2,5-8,11-25,31H,1,3-4,9-10,26-27H2,(H,39,40,42). The summed E-state index contributed by atoms with van der Waals surface area (Å²) < 4.78 is 35.2. The van der Waals surface area contributed by atoms with Crippen LogP contribution in [-0.4, -0.2) is 28.6 Å². The van der Waals surface area contributed by atoms with Gasteiger partial charge in [-0.15, -0.1) is 0 Å². The summed E-state index contributed by atoms with van der Waals surface area (Å²) in [5.74, 6) is 1.89. The Kier molecular flexibility index (Phi) is 9.81. The Morgan fingerprint density at radius 1 is 0.739 bits per heavy atom. The minimum absolute atomic E-state index is 0.0477. The first-order valence-electron chi connectivity index (χ1n) is 15.5. The number of aromatic nitrogens is 2. The minimum atomic E-state index is -3.87. The molecule has 46 heavy (non-hydrogen) atoms. The number of nitrogens with one attached hydrogen (secondary N) is 1. The van der Waals surface area contributed by atoms with Crippen LogP contribution < -0.4 is 10.1 Å². The van der Waals surface area contributed by atoms with Crippen LogP contribution in [0.15, 0.2) is 127 Å². The molecule has 2 heterocycles. The topological polar surface area (TPSA) is 101 Å². The Labute approximate surface area is 270 Å². The first-order chi connectivity index (χ1) is 22.4. The van der Waals surface area contributed by atoms with E-state index in [9.17, 15) is 13.2 Å². The first kappa shape index (κ1) is 31.1. The van der Waals surface area contributed by atoms with Crippen molar-refractivity contribution in [1.29, 1.82) is 0 Å². The molecule has 1 saturated carbocycles. The molecule has 1 aliphatic rings. The Balaban J connectivity index is 1.16. The molecule has 0 atom stereocenters. The maximum atomic E-state index is 13.9. The number of hydrogen-bond acceptors (Lipinski definition) is 6. The van der Waals surface area contributed by atoms with Gasteiger partial charge >= 0.3 is 0 Å². The molecule has 5 aromatic rings. The second-order valence-corrected chi connectivity index (χ2v) is 13.4. The highest BCUT2D eigenvalue weighted by Gasteiger charge is 2.26. The molecule has 3 aromatic carbocycles. The lowest BCUT2D eigenvalue weighted by atomic mass is 9.89. The second kappa shape index (κ2) is 14.5. The van der Waals surface area contributed by atoms with Gasteiger partial charge in [-0.3, -0.25) is 9.78 Å². The fourth-order valence-corrected chi connectivity index (χ4v) is 7.03. The number of sulfonamides is 1. The van der Waals surface area contributed by atoms with Crippen LogP contribution in [0.3, 0.4) is 0 Å². The molecular formula is C37H36N4O4S. The lowest BCUT2D eigenvalue weighted by molar-refractivity contribution is -0.120. The summed E-state index contributed by atoms with van der Waals surface area (Å²) in [4.78, 5) is 21.4. The van der Waals surface area contributed by atoms with Crippen molar-refractivity contribution < 1.29 is 17.9 Å². The molecule has 1 aliphatic carbocycles.